The maximum absolute atomic E-state index is 13.6. The van der Waals surface area contributed by atoms with Crippen molar-refractivity contribution in [2.75, 3.05) is 46.4 Å². The fraction of sp³-hybridized carbons (Fsp3) is 0.565. The van der Waals surface area contributed by atoms with Crippen LogP contribution in [0.5, 0.6) is 5.75 Å². The lowest BCUT2D eigenvalue weighted by molar-refractivity contribution is -0.139. The van der Waals surface area contributed by atoms with Gasteiger partial charge >= 0.3 is 0 Å². The second kappa shape index (κ2) is 9.78. The molecule has 1 aromatic carbocycles. The van der Waals surface area contributed by atoms with Crippen molar-refractivity contribution in [2.24, 2.45) is 13.0 Å². The van der Waals surface area contributed by atoms with Crippen LogP contribution in [0.3, 0.4) is 0 Å². The lowest BCUT2D eigenvalue weighted by Gasteiger charge is -2.38. The number of piperazine rings is 1. The maximum Gasteiger partial charge on any atom is 0.225 e. The van der Waals surface area contributed by atoms with E-state index in [2.05, 4.69) is 19.4 Å². The van der Waals surface area contributed by atoms with Gasteiger partial charge in [-0.25, -0.2) is 9.37 Å². The van der Waals surface area contributed by atoms with Crippen molar-refractivity contribution in [3.63, 3.8) is 0 Å². The Morgan fingerprint density at radius 3 is 2.45 bits per heavy atom. The second-order valence-corrected chi connectivity index (χ2v) is 8.56. The van der Waals surface area contributed by atoms with Gasteiger partial charge in [0.05, 0.1) is 13.7 Å². The number of nitrogens with zero attached hydrogens (tertiary/aromatic N) is 5. The molecule has 2 aliphatic rings. The summed E-state index contributed by atoms with van der Waals surface area (Å²) in [5.74, 6) is 1.93. The van der Waals surface area contributed by atoms with Gasteiger partial charge < -0.3 is 14.2 Å². The number of methoxy groups -OCH3 is 1. The molecule has 0 N–H and O–H groups in total. The minimum Gasteiger partial charge on any atom is -0.496 e. The summed E-state index contributed by atoms with van der Waals surface area (Å²) in [6.07, 6.45) is 5.61. The van der Waals surface area contributed by atoms with Gasteiger partial charge in [-0.1, -0.05) is 0 Å². The summed E-state index contributed by atoms with van der Waals surface area (Å²) < 4.78 is 21.0. The van der Waals surface area contributed by atoms with Crippen molar-refractivity contribution >= 4 is 5.91 Å². The van der Waals surface area contributed by atoms with Crippen molar-refractivity contribution < 1.29 is 13.9 Å². The summed E-state index contributed by atoms with van der Waals surface area (Å²) in [5, 5.41) is 0. The molecule has 0 bridgehead atoms. The van der Waals surface area contributed by atoms with Gasteiger partial charge in [0.25, 0.3) is 0 Å². The molecule has 1 amide bonds. The van der Waals surface area contributed by atoms with Crippen LogP contribution in [-0.2, 0) is 24.9 Å². The van der Waals surface area contributed by atoms with Crippen LogP contribution in [-0.4, -0.2) is 76.5 Å². The first kappa shape index (κ1) is 21.8. The zero-order valence-corrected chi connectivity index (χ0v) is 18.5. The lowest BCUT2D eigenvalue weighted by atomic mass is 9.95. The highest BCUT2D eigenvalue weighted by atomic mass is 19.1. The Hall–Kier alpha value is -2.45. The van der Waals surface area contributed by atoms with Gasteiger partial charge in [0, 0.05) is 63.6 Å². The van der Waals surface area contributed by atoms with Gasteiger partial charge in [-0.15, -0.1) is 0 Å². The molecule has 168 valence electrons. The van der Waals surface area contributed by atoms with Crippen LogP contribution in [0.15, 0.2) is 30.6 Å². The fourth-order valence-corrected chi connectivity index (χ4v) is 4.58. The number of aromatic nitrogens is 2. The van der Waals surface area contributed by atoms with Gasteiger partial charge in [0.15, 0.2) is 0 Å². The molecule has 0 spiro atoms. The lowest BCUT2D eigenvalue weighted by Crippen LogP contribution is -2.51. The molecule has 31 heavy (non-hydrogen) atoms. The van der Waals surface area contributed by atoms with Gasteiger partial charge in [-0.2, -0.15) is 0 Å². The van der Waals surface area contributed by atoms with E-state index in [1.165, 1.54) is 12.1 Å². The first-order chi connectivity index (χ1) is 15.0. The number of hydrogen-bond donors (Lipinski definition) is 0. The molecule has 8 heteroatoms. The average molecular weight is 430 g/mol. The molecule has 4 rings (SSSR count). The van der Waals surface area contributed by atoms with E-state index in [1.54, 1.807) is 13.2 Å². The number of amides is 1. The Bertz CT molecular complexity index is 886. The van der Waals surface area contributed by atoms with Crippen LogP contribution in [0, 0.1) is 11.7 Å². The van der Waals surface area contributed by atoms with Crippen LogP contribution in [0.4, 0.5) is 4.39 Å². The number of aryl methyl sites for hydroxylation is 1. The van der Waals surface area contributed by atoms with E-state index in [1.807, 2.05) is 24.3 Å². The largest absolute Gasteiger partial charge is 0.496 e. The monoisotopic (exact) mass is 429 g/mol. The number of carbonyl (C=O) groups excluding carboxylic acids is 1. The predicted octanol–water partition coefficient (Wildman–Crippen LogP) is 2.12. The van der Waals surface area contributed by atoms with Gasteiger partial charge in [0.1, 0.15) is 17.4 Å². The van der Waals surface area contributed by atoms with Crippen LogP contribution in [0.1, 0.15) is 24.2 Å². The number of carbonyl (C=O) groups is 1. The van der Waals surface area contributed by atoms with Gasteiger partial charge in [0.2, 0.25) is 5.91 Å². The Labute approximate surface area is 183 Å². The highest BCUT2D eigenvalue weighted by Gasteiger charge is 2.30. The third-order valence-corrected chi connectivity index (χ3v) is 6.54. The van der Waals surface area contributed by atoms with Gasteiger partial charge in [-0.05, 0) is 44.1 Å². The van der Waals surface area contributed by atoms with E-state index in [0.29, 0.717) is 18.2 Å². The molecule has 2 aromatic rings. The summed E-state index contributed by atoms with van der Waals surface area (Å²) >= 11 is 0. The molecule has 0 saturated carbocycles. The van der Waals surface area contributed by atoms with Crippen molar-refractivity contribution in [3.05, 3.63) is 47.8 Å². The topological polar surface area (TPSA) is 53.8 Å². The molecule has 0 aliphatic carbocycles. The summed E-state index contributed by atoms with van der Waals surface area (Å²) in [5.41, 5.74) is 0.849. The number of benzene rings is 1. The standard InChI is InChI=1S/C23H32FN5O2/c1-26-10-7-25-22(26)17-27-8-5-18(6-9-27)23(30)29-13-11-28(12-14-29)16-19-15-20(24)3-4-21(19)31-2/h3-4,7,10,15,18H,5-6,8-9,11-14,16-17H2,1-2H3. The Morgan fingerprint density at radius 2 is 1.81 bits per heavy atom. The maximum atomic E-state index is 13.6. The number of ether oxygens (including phenoxy) is 1. The minimum absolute atomic E-state index is 0.118. The van der Waals surface area contributed by atoms with Crippen LogP contribution < -0.4 is 4.74 Å². The average Bonchev–Trinajstić information content (AvgIpc) is 3.19. The van der Waals surface area contributed by atoms with E-state index in [-0.39, 0.29) is 11.7 Å². The molecule has 1 aromatic heterocycles. The van der Waals surface area contributed by atoms with E-state index in [4.69, 9.17) is 4.74 Å². The molecular formula is C23H32FN5O2. The molecule has 0 radical (unpaired) electrons. The Kier molecular flexibility index (Phi) is 6.87. The van der Waals surface area contributed by atoms with E-state index in [0.717, 1.165) is 70.0 Å². The molecule has 2 saturated heterocycles. The van der Waals surface area contributed by atoms with Crippen molar-refractivity contribution in [2.45, 2.75) is 25.9 Å². The first-order valence-electron chi connectivity index (χ1n) is 11.1. The Morgan fingerprint density at radius 1 is 1.10 bits per heavy atom. The van der Waals surface area contributed by atoms with Crippen LogP contribution >= 0.6 is 0 Å². The summed E-state index contributed by atoms with van der Waals surface area (Å²) in [6, 6.07) is 4.63. The van der Waals surface area contributed by atoms with Crippen molar-refractivity contribution in [1.29, 1.82) is 0 Å². The number of hydrogen-bond acceptors (Lipinski definition) is 5. The van der Waals surface area contributed by atoms with Gasteiger partial charge in [-0.3, -0.25) is 14.6 Å². The number of rotatable bonds is 6. The van der Waals surface area contributed by atoms with Crippen molar-refractivity contribution in [3.8, 4) is 5.75 Å². The van der Waals surface area contributed by atoms with E-state index in [9.17, 15) is 9.18 Å². The first-order valence-corrected chi connectivity index (χ1v) is 11.1. The number of piperidine rings is 1. The molecule has 0 unspecified atom stereocenters. The summed E-state index contributed by atoms with van der Waals surface area (Å²) in [4.78, 5) is 24.1. The molecule has 3 heterocycles. The highest BCUT2D eigenvalue weighted by molar-refractivity contribution is 5.79. The zero-order valence-electron chi connectivity index (χ0n) is 18.5. The predicted molar refractivity (Wildman–Crippen MR) is 116 cm³/mol. The number of imidazole rings is 1. The highest BCUT2D eigenvalue weighted by Crippen LogP contribution is 2.24. The zero-order chi connectivity index (χ0) is 21.8. The molecule has 2 aliphatic heterocycles. The Balaban J connectivity index is 1.23. The number of likely N-dealkylation sites (tertiary alicyclic amines) is 1. The molecule has 7 nitrogen and oxygen atoms in total. The SMILES string of the molecule is COc1ccc(F)cc1CN1CCN(C(=O)C2CCN(Cc3nccn3C)CC2)CC1. The normalized spacial score (nSPS) is 19.0. The van der Waals surface area contributed by atoms with E-state index < -0.39 is 0 Å². The smallest absolute Gasteiger partial charge is 0.225 e. The quantitative estimate of drug-likeness (QED) is 0.704. The van der Waals surface area contributed by atoms with Crippen LogP contribution in [0.2, 0.25) is 0 Å². The minimum atomic E-state index is -0.251. The van der Waals surface area contributed by atoms with E-state index >= 15 is 0 Å². The molecule has 2 fully saturated rings. The van der Waals surface area contributed by atoms with Crippen molar-refractivity contribution in [1.82, 2.24) is 24.3 Å². The fourth-order valence-electron chi connectivity index (χ4n) is 4.58. The third kappa shape index (κ3) is 5.25. The molecular weight excluding hydrogens is 397 g/mol. The number of halogens is 1. The third-order valence-electron chi connectivity index (χ3n) is 6.54. The summed E-state index contributed by atoms with van der Waals surface area (Å²) in [7, 11) is 3.62. The second-order valence-electron chi connectivity index (χ2n) is 8.56. The van der Waals surface area contributed by atoms with Crippen LogP contribution in [0.25, 0.3) is 0 Å². The summed E-state index contributed by atoms with van der Waals surface area (Å²) in [6.45, 7) is 6.38. The molecule has 0 atom stereocenters.